The summed E-state index contributed by atoms with van der Waals surface area (Å²) in [7, 11) is 0. The number of carboxylic acid groups (broad SMARTS) is 1. The van der Waals surface area contributed by atoms with Crippen LogP contribution in [0.4, 0.5) is 0 Å². The highest BCUT2D eigenvalue weighted by atomic mass is 35.5. The lowest BCUT2D eigenvalue weighted by atomic mass is 10.1. The van der Waals surface area contributed by atoms with Crippen molar-refractivity contribution in [3.8, 4) is 22.8 Å². The van der Waals surface area contributed by atoms with Gasteiger partial charge in [0.25, 0.3) is 0 Å². The highest BCUT2D eigenvalue weighted by molar-refractivity contribution is 6.30. The van der Waals surface area contributed by atoms with Gasteiger partial charge in [-0.2, -0.15) is 0 Å². The Hall–Kier alpha value is -3.05. The molecule has 0 bridgehead atoms. The summed E-state index contributed by atoms with van der Waals surface area (Å²) in [4.78, 5) is 16.2. The van der Waals surface area contributed by atoms with Crippen LogP contribution in [-0.2, 0) is 13.0 Å². The average molecular weight is 426 g/mol. The quantitative estimate of drug-likeness (QED) is 0.453. The lowest BCUT2D eigenvalue weighted by molar-refractivity contribution is 0.0693. The van der Waals surface area contributed by atoms with E-state index in [0.717, 1.165) is 18.4 Å². The van der Waals surface area contributed by atoms with E-state index in [4.69, 9.17) is 21.1 Å². The fourth-order valence-electron chi connectivity index (χ4n) is 3.13. The maximum absolute atomic E-state index is 11.7. The summed E-state index contributed by atoms with van der Waals surface area (Å²) < 4.78 is 11.5. The minimum absolute atomic E-state index is 0.0418. The van der Waals surface area contributed by atoms with Crippen LogP contribution in [0.1, 0.15) is 41.9 Å². The Morgan fingerprint density at radius 2 is 1.80 bits per heavy atom. The number of aromatic carboxylic acids is 1. The van der Waals surface area contributed by atoms with Crippen molar-refractivity contribution in [3.05, 3.63) is 76.4 Å². The van der Waals surface area contributed by atoms with Gasteiger partial charge in [0.1, 0.15) is 18.1 Å². The molecule has 6 heteroatoms. The standard InChI is InChI=1S/C24H24ClNO4/c1-3-5-16-6-9-18(10-7-16)30-15-22-20(24(27)28)12-13-21(26-22)19-11-8-17(25)14-23(19)29-4-2/h6-14H,3-5,15H2,1-2H3,(H,27,28). The van der Waals surface area contributed by atoms with E-state index in [-0.39, 0.29) is 12.2 Å². The molecule has 1 N–H and O–H groups in total. The molecule has 5 nitrogen and oxygen atoms in total. The van der Waals surface area contributed by atoms with Gasteiger partial charge in [0.15, 0.2) is 0 Å². The third kappa shape index (κ3) is 5.30. The number of halogens is 1. The number of hydrogen-bond donors (Lipinski definition) is 1. The van der Waals surface area contributed by atoms with Crippen molar-refractivity contribution >= 4 is 17.6 Å². The molecule has 30 heavy (non-hydrogen) atoms. The van der Waals surface area contributed by atoms with E-state index >= 15 is 0 Å². The average Bonchev–Trinajstić information content (AvgIpc) is 2.73. The van der Waals surface area contributed by atoms with E-state index in [1.165, 1.54) is 11.6 Å². The largest absolute Gasteiger partial charge is 0.493 e. The SMILES string of the molecule is CCCc1ccc(OCc2nc(-c3ccc(Cl)cc3OCC)ccc2C(=O)O)cc1. The molecule has 0 amide bonds. The topological polar surface area (TPSA) is 68.7 Å². The molecule has 0 aliphatic rings. The van der Waals surface area contributed by atoms with Gasteiger partial charge in [-0.25, -0.2) is 9.78 Å². The maximum atomic E-state index is 11.7. The Morgan fingerprint density at radius 3 is 2.47 bits per heavy atom. The number of aromatic nitrogens is 1. The van der Waals surface area contributed by atoms with E-state index in [2.05, 4.69) is 11.9 Å². The van der Waals surface area contributed by atoms with Crippen molar-refractivity contribution in [1.29, 1.82) is 0 Å². The van der Waals surface area contributed by atoms with Gasteiger partial charge in [-0.15, -0.1) is 0 Å². The van der Waals surface area contributed by atoms with Gasteiger partial charge in [-0.1, -0.05) is 37.1 Å². The molecule has 3 aromatic rings. The second kappa shape index (κ2) is 10.1. The first kappa shape index (κ1) is 21.7. The molecule has 0 fully saturated rings. The zero-order valence-corrected chi connectivity index (χ0v) is 17.8. The minimum atomic E-state index is -1.05. The lowest BCUT2D eigenvalue weighted by Gasteiger charge is -2.13. The van der Waals surface area contributed by atoms with Crippen molar-refractivity contribution < 1.29 is 19.4 Å². The van der Waals surface area contributed by atoms with Crippen LogP contribution in [0.3, 0.4) is 0 Å². The van der Waals surface area contributed by atoms with Crippen LogP contribution in [0.5, 0.6) is 11.5 Å². The lowest BCUT2D eigenvalue weighted by Crippen LogP contribution is -2.09. The number of nitrogens with zero attached hydrogens (tertiary/aromatic N) is 1. The summed E-state index contributed by atoms with van der Waals surface area (Å²) >= 11 is 6.09. The second-order valence-electron chi connectivity index (χ2n) is 6.75. The van der Waals surface area contributed by atoms with Crippen LogP contribution >= 0.6 is 11.6 Å². The number of benzene rings is 2. The summed E-state index contributed by atoms with van der Waals surface area (Å²) in [6.45, 7) is 4.54. The molecule has 1 heterocycles. The predicted octanol–water partition coefficient (Wildman–Crippen LogP) is 6.03. The van der Waals surface area contributed by atoms with Crippen LogP contribution in [0.15, 0.2) is 54.6 Å². The molecule has 0 spiro atoms. The summed E-state index contributed by atoms with van der Waals surface area (Å²) in [5.74, 6) is 0.214. The van der Waals surface area contributed by atoms with Crippen LogP contribution in [0, 0.1) is 0 Å². The highest BCUT2D eigenvalue weighted by Gasteiger charge is 2.16. The van der Waals surface area contributed by atoms with Gasteiger partial charge in [0.2, 0.25) is 0 Å². The summed E-state index contributed by atoms with van der Waals surface area (Å²) in [6.07, 6.45) is 2.09. The third-order valence-corrected chi connectivity index (χ3v) is 4.80. The summed E-state index contributed by atoms with van der Waals surface area (Å²) in [5, 5.41) is 10.1. The molecular formula is C24H24ClNO4. The van der Waals surface area contributed by atoms with Crippen LogP contribution in [-0.4, -0.2) is 22.7 Å². The molecule has 3 rings (SSSR count). The normalized spacial score (nSPS) is 10.6. The zero-order chi connectivity index (χ0) is 21.5. The molecule has 0 radical (unpaired) electrons. The van der Waals surface area contributed by atoms with Crippen molar-refractivity contribution in [2.45, 2.75) is 33.3 Å². The molecule has 0 saturated carbocycles. The number of pyridine rings is 1. The number of aryl methyl sites for hydroxylation is 1. The molecule has 0 aliphatic carbocycles. The van der Waals surface area contributed by atoms with Gasteiger partial charge < -0.3 is 14.6 Å². The van der Waals surface area contributed by atoms with Crippen molar-refractivity contribution in [2.75, 3.05) is 6.61 Å². The van der Waals surface area contributed by atoms with E-state index in [0.29, 0.717) is 34.5 Å². The van der Waals surface area contributed by atoms with Gasteiger partial charge in [-0.3, -0.25) is 0 Å². The van der Waals surface area contributed by atoms with Crippen molar-refractivity contribution in [2.24, 2.45) is 0 Å². The maximum Gasteiger partial charge on any atom is 0.337 e. The smallest absolute Gasteiger partial charge is 0.337 e. The first-order chi connectivity index (χ1) is 14.5. The Labute approximate surface area is 181 Å². The van der Waals surface area contributed by atoms with E-state index < -0.39 is 5.97 Å². The zero-order valence-electron chi connectivity index (χ0n) is 17.0. The Morgan fingerprint density at radius 1 is 1.03 bits per heavy atom. The Bertz CT molecular complexity index is 1020. The fourth-order valence-corrected chi connectivity index (χ4v) is 3.29. The molecule has 156 valence electrons. The third-order valence-electron chi connectivity index (χ3n) is 4.56. The number of carboxylic acids is 1. The van der Waals surface area contributed by atoms with Gasteiger partial charge in [0, 0.05) is 10.6 Å². The van der Waals surface area contributed by atoms with Gasteiger partial charge in [-0.05, 0) is 61.4 Å². The molecule has 1 aromatic heterocycles. The van der Waals surface area contributed by atoms with E-state index in [1.54, 1.807) is 18.2 Å². The molecule has 0 aliphatic heterocycles. The highest BCUT2D eigenvalue weighted by Crippen LogP contribution is 2.32. The van der Waals surface area contributed by atoms with Gasteiger partial charge in [0.05, 0.1) is 23.6 Å². The van der Waals surface area contributed by atoms with Crippen LogP contribution in [0.25, 0.3) is 11.3 Å². The Balaban J connectivity index is 1.89. The monoisotopic (exact) mass is 425 g/mol. The first-order valence-electron chi connectivity index (χ1n) is 9.89. The fraction of sp³-hybridized carbons (Fsp3) is 0.250. The molecule has 0 saturated heterocycles. The second-order valence-corrected chi connectivity index (χ2v) is 7.19. The molecule has 0 unspecified atom stereocenters. The van der Waals surface area contributed by atoms with Crippen molar-refractivity contribution in [1.82, 2.24) is 4.98 Å². The molecular weight excluding hydrogens is 402 g/mol. The number of carbonyl (C=O) groups is 1. The first-order valence-corrected chi connectivity index (χ1v) is 10.3. The van der Waals surface area contributed by atoms with Crippen molar-refractivity contribution in [3.63, 3.8) is 0 Å². The van der Waals surface area contributed by atoms with Crippen LogP contribution < -0.4 is 9.47 Å². The van der Waals surface area contributed by atoms with E-state index in [9.17, 15) is 9.90 Å². The summed E-state index contributed by atoms with van der Waals surface area (Å²) in [5.41, 5.74) is 3.02. The minimum Gasteiger partial charge on any atom is -0.493 e. The van der Waals surface area contributed by atoms with Crippen LogP contribution in [0.2, 0.25) is 5.02 Å². The summed E-state index contributed by atoms with van der Waals surface area (Å²) in [6, 6.07) is 16.3. The molecule has 2 aromatic carbocycles. The number of hydrogen-bond acceptors (Lipinski definition) is 4. The van der Waals surface area contributed by atoms with E-state index in [1.807, 2.05) is 37.3 Å². The Kier molecular flexibility index (Phi) is 7.31. The number of rotatable bonds is 9. The van der Waals surface area contributed by atoms with Gasteiger partial charge >= 0.3 is 5.97 Å². The number of ether oxygens (including phenoxy) is 2. The predicted molar refractivity (Wildman–Crippen MR) is 118 cm³/mol. The molecule has 0 atom stereocenters.